The van der Waals surface area contributed by atoms with Crippen molar-refractivity contribution in [1.29, 1.82) is 0 Å². The van der Waals surface area contributed by atoms with Crippen molar-refractivity contribution in [3.05, 3.63) is 54.2 Å². The molecule has 2 aromatic rings. The molecule has 0 unspecified atom stereocenters. The predicted octanol–water partition coefficient (Wildman–Crippen LogP) is 1.58. The molecule has 0 spiro atoms. The van der Waals surface area contributed by atoms with Gasteiger partial charge in [0.15, 0.2) is 0 Å². The Morgan fingerprint density at radius 1 is 1.06 bits per heavy atom. The number of carbonyl (C=O) groups excluding carboxylic acids is 3. The van der Waals surface area contributed by atoms with E-state index in [0.29, 0.717) is 26.2 Å². The molecule has 0 radical (unpaired) electrons. The van der Waals surface area contributed by atoms with Crippen LogP contribution in [-0.4, -0.2) is 84.4 Å². The molecule has 2 fully saturated rings. The van der Waals surface area contributed by atoms with Crippen LogP contribution in [0.5, 0.6) is 0 Å². The van der Waals surface area contributed by atoms with Gasteiger partial charge in [0.2, 0.25) is 17.7 Å². The van der Waals surface area contributed by atoms with Crippen molar-refractivity contribution < 1.29 is 27.6 Å². The molecule has 4 rings (SSSR count). The Bertz CT molecular complexity index is 1090. The maximum absolute atomic E-state index is 13.1. The number of piperazine rings is 2. The highest BCUT2D eigenvalue weighted by molar-refractivity contribution is 5.97. The third kappa shape index (κ3) is 6.30. The third-order valence-corrected chi connectivity index (χ3v) is 6.21. The van der Waals surface area contributed by atoms with Gasteiger partial charge in [-0.15, -0.1) is 0 Å². The average molecular weight is 505 g/mol. The molecule has 0 bridgehead atoms. The van der Waals surface area contributed by atoms with E-state index in [-0.39, 0.29) is 37.6 Å². The maximum atomic E-state index is 13.1. The third-order valence-electron chi connectivity index (χ3n) is 6.21. The minimum Gasteiger partial charge on any atom is -0.354 e. The fourth-order valence-electron chi connectivity index (χ4n) is 4.34. The SMILES string of the molecule is O=C(C[C@@H]1C(=O)NCCN1C(=O)CN1CCN(c2ccccn2)CC1)Nc1cccc(C(F)(F)F)c1. The summed E-state index contributed by atoms with van der Waals surface area (Å²) in [5.41, 5.74) is -0.926. The number of hydrogen-bond donors (Lipinski definition) is 2. The first-order valence-electron chi connectivity index (χ1n) is 11.6. The van der Waals surface area contributed by atoms with E-state index in [1.54, 1.807) is 6.20 Å². The number of pyridine rings is 1. The van der Waals surface area contributed by atoms with E-state index >= 15 is 0 Å². The Morgan fingerprint density at radius 2 is 1.83 bits per heavy atom. The maximum Gasteiger partial charge on any atom is 0.416 e. The second kappa shape index (κ2) is 10.9. The van der Waals surface area contributed by atoms with Crippen LogP contribution in [0.3, 0.4) is 0 Å². The minimum absolute atomic E-state index is 0.0327. The lowest BCUT2D eigenvalue weighted by Crippen LogP contribution is -2.60. The van der Waals surface area contributed by atoms with Gasteiger partial charge in [-0.25, -0.2) is 4.98 Å². The summed E-state index contributed by atoms with van der Waals surface area (Å²) in [6, 6.07) is 8.92. The molecule has 0 aliphatic carbocycles. The smallest absolute Gasteiger partial charge is 0.354 e. The first-order chi connectivity index (χ1) is 17.2. The Balaban J connectivity index is 1.34. The summed E-state index contributed by atoms with van der Waals surface area (Å²) in [5.74, 6) is -0.511. The molecular weight excluding hydrogens is 477 g/mol. The van der Waals surface area contributed by atoms with Crippen LogP contribution in [-0.2, 0) is 20.6 Å². The van der Waals surface area contributed by atoms with Crippen molar-refractivity contribution in [2.75, 3.05) is 56.0 Å². The fraction of sp³-hybridized carbons (Fsp3) is 0.417. The number of alkyl halides is 3. The van der Waals surface area contributed by atoms with Crippen molar-refractivity contribution in [3.63, 3.8) is 0 Å². The second-order valence-electron chi connectivity index (χ2n) is 8.68. The monoisotopic (exact) mass is 504 g/mol. The number of amides is 3. The van der Waals surface area contributed by atoms with Gasteiger partial charge in [0.1, 0.15) is 11.9 Å². The van der Waals surface area contributed by atoms with Crippen LogP contribution in [0.1, 0.15) is 12.0 Å². The lowest BCUT2D eigenvalue weighted by molar-refractivity contribution is -0.145. The van der Waals surface area contributed by atoms with Crippen LogP contribution in [0, 0.1) is 0 Å². The highest BCUT2D eigenvalue weighted by Gasteiger charge is 2.36. The number of halogens is 3. The molecule has 12 heteroatoms. The van der Waals surface area contributed by atoms with Gasteiger partial charge >= 0.3 is 6.18 Å². The van der Waals surface area contributed by atoms with Crippen molar-refractivity contribution in [2.24, 2.45) is 0 Å². The molecule has 1 atom stereocenters. The largest absolute Gasteiger partial charge is 0.416 e. The van der Waals surface area contributed by atoms with Crippen molar-refractivity contribution in [3.8, 4) is 0 Å². The predicted molar refractivity (Wildman–Crippen MR) is 126 cm³/mol. The van der Waals surface area contributed by atoms with Gasteiger partial charge in [0.05, 0.1) is 18.5 Å². The standard InChI is InChI=1S/C24H27F3N6O3/c25-24(26,27)17-4-3-5-18(14-17)30-21(34)15-19-23(36)29-8-9-33(19)22(35)16-31-10-12-32(13-11-31)20-6-1-2-7-28-20/h1-7,14,19H,8-13,15-16H2,(H,29,36)(H,30,34)/t19-/m1/s1. The summed E-state index contributed by atoms with van der Waals surface area (Å²) in [6.07, 6.45) is -3.17. The average Bonchev–Trinajstić information content (AvgIpc) is 2.86. The molecule has 2 aliphatic rings. The number of anilines is 2. The Labute approximate surface area is 206 Å². The fourth-order valence-corrected chi connectivity index (χ4v) is 4.34. The van der Waals surface area contributed by atoms with Gasteiger partial charge < -0.3 is 20.4 Å². The molecule has 192 valence electrons. The molecule has 36 heavy (non-hydrogen) atoms. The molecule has 2 aliphatic heterocycles. The molecule has 3 heterocycles. The zero-order chi connectivity index (χ0) is 25.7. The number of benzene rings is 1. The molecular formula is C24H27F3N6O3. The van der Waals surface area contributed by atoms with E-state index in [1.165, 1.54) is 17.0 Å². The van der Waals surface area contributed by atoms with E-state index in [1.807, 2.05) is 23.1 Å². The summed E-state index contributed by atoms with van der Waals surface area (Å²) in [7, 11) is 0. The Morgan fingerprint density at radius 3 is 2.53 bits per heavy atom. The minimum atomic E-state index is -4.55. The summed E-state index contributed by atoms with van der Waals surface area (Å²) in [4.78, 5) is 48.1. The molecule has 9 nitrogen and oxygen atoms in total. The van der Waals surface area contributed by atoms with E-state index in [4.69, 9.17) is 0 Å². The van der Waals surface area contributed by atoms with Gasteiger partial charge in [-0.2, -0.15) is 13.2 Å². The molecule has 0 saturated carbocycles. The zero-order valence-corrected chi connectivity index (χ0v) is 19.5. The van der Waals surface area contributed by atoms with Crippen LogP contribution in [0.25, 0.3) is 0 Å². The Kier molecular flexibility index (Phi) is 7.73. The van der Waals surface area contributed by atoms with Gasteiger partial charge in [0, 0.05) is 51.2 Å². The van der Waals surface area contributed by atoms with Crippen LogP contribution in [0.15, 0.2) is 48.7 Å². The van der Waals surface area contributed by atoms with E-state index in [0.717, 1.165) is 18.0 Å². The van der Waals surface area contributed by atoms with E-state index in [9.17, 15) is 27.6 Å². The van der Waals surface area contributed by atoms with Crippen LogP contribution in [0.4, 0.5) is 24.7 Å². The van der Waals surface area contributed by atoms with Gasteiger partial charge in [0.25, 0.3) is 0 Å². The topological polar surface area (TPSA) is 97.9 Å². The number of aromatic nitrogens is 1. The zero-order valence-electron chi connectivity index (χ0n) is 19.5. The molecule has 2 saturated heterocycles. The number of carbonyl (C=O) groups is 3. The quantitative estimate of drug-likeness (QED) is 0.620. The second-order valence-corrected chi connectivity index (χ2v) is 8.68. The molecule has 2 N–H and O–H groups in total. The summed E-state index contributed by atoms with van der Waals surface area (Å²) < 4.78 is 38.9. The molecule has 1 aromatic heterocycles. The summed E-state index contributed by atoms with van der Waals surface area (Å²) in [6.45, 7) is 3.31. The van der Waals surface area contributed by atoms with Crippen LogP contribution < -0.4 is 15.5 Å². The van der Waals surface area contributed by atoms with Gasteiger partial charge in [-0.3, -0.25) is 19.3 Å². The summed E-state index contributed by atoms with van der Waals surface area (Å²) in [5, 5.41) is 5.06. The highest BCUT2D eigenvalue weighted by Crippen LogP contribution is 2.30. The van der Waals surface area contributed by atoms with Crippen molar-refractivity contribution >= 4 is 29.2 Å². The first kappa shape index (κ1) is 25.4. The van der Waals surface area contributed by atoms with Crippen molar-refractivity contribution in [2.45, 2.75) is 18.6 Å². The lowest BCUT2D eigenvalue weighted by atomic mass is 10.1. The molecule has 1 aromatic carbocycles. The van der Waals surface area contributed by atoms with E-state index in [2.05, 4.69) is 20.5 Å². The highest BCUT2D eigenvalue weighted by atomic mass is 19.4. The molecule has 3 amide bonds. The first-order valence-corrected chi connectivity index (χ1v) is 11.6. The number of nitrogens with one attached hydrogen (secondary N) is 2. The van der Waals surface area contributed by atoms with Gasteiger partial charge in [-0.05, 0) is 30.3 Å². The van der Waals surface area contributed by atoms with E-state index < -0.39 is 29.6 Å². The van der Waals surface area contributed by atoms with Crippen molar-refractivity contribution in [1.82, 2.24) is 20.1 Å². The van der Waals surface area contributed by atoms with Crippen LogP contribution in [0.2, 0.25) is 0 Å². The lowest BCUT2D eigenvalue weighted by Gasteiger charge is -2.38. The van der Waals surface area contributed by atoms with Crippen LogP contribution >= 0.6 is 0 Å². The number of nitrogens with zero attached hydrogens (tertiary/aromatic N) is 4. The van der Waals surface area contributed by atoms with Gasteiger partial charge in [-0.1, -0.05) is 12.1 Å². The normalized spacial score (nSPS) is 19.1. The number of hydrogen-bond acceptors (Lipinski definition) is 6. The number of rotatable bonds is 6. The Hall–Kier alpha value is -3.67. The summed E-state index contributed by atoms with van der Waals surface area (Å²) >= 11 is 0.